The Morgan fingerprint density at radius 2 is 1.90 bits per heavy atom. The maximum absolute atomic E-state index is 6.13. The lowest BCUT2D eigenvalue weighted by atomic mass is 10.2. The van der Waals surface area contributed by atoms with Gasteiger partial charge in [0.05, 0.1) is 23.4 Å². The Bertz CT molecular complexity index is 605. The molecule has 0 amide bonds. The minimum Gasteiger partial charge on any atom is -0.494 e. The number of rotatable bonds is 6. The van der Waals surface area contributed by atoms with Crippen LogP contribution in [-0.2, 0) is 11.3 Å². The first kappa shape index (κ1) is 16.2. The average Bonchev–Trinajstić information content (AvgIpc) is 2.50. The SMILES string of the molecule is CCCOc1ccc(-c2nc(Cl)c(Br)c(COC)n2)cc1. The zero-order valence-electron chi connectivity index (χ0n) is 11.9. The number of ether oxygens (including phenoxy) is 2. The van der Waals surface area contributed by atoms with E-state index < -0.39 is 0 Å². The molecule has 2 rings (SSSR count). The topological polar surface area (TPSA) is 44.2 Å². The minimum absolute atomic E-state index is 0.369. The first-order chi connectivity index (χ1) is 10.2. The maximum atomic E-state index is 6.13. The molecule has 0 unspecified atom stereocenters. The van der Waals surface area contributed by atoms with E-state index in [0.29, 0.717) is 28.7 Å². The Hall–Kier alpha value is -1.17. The lowest BCUT2D eigenvalue weighted by molar-refractivity contribution is 0.181. The molecule has 0 aliphatic heterocycles. The molecule has 0 bridgehead atoms. The van der Waals surface area contributed by atoms with Crippen molar-refractivity contribution in [2.75, 3.05) is 13.7 Å². The van der Waals surface area contributed by atoms with Crippen LogP contribution < -0.4 is 4.74 Å². The summed E-state index contributed by atoms with van der Waals surface area (Å²) in [5.74, 6) is 1.40. The molecule has 0 atom stereocenters. The van der Waals surface area contributed by atoms with E-state index in [9.17, 15) is 0 Å². The standard InChI is InChI=1S/C15H16BrClN2O2/c1-3-8-21-11-6-4-10(5-7-11)15-18-12(9-20-2)13(16)14(17)19-15/h4-7H,3,8-9H2,1-2H3. The minimum atomic E-state index is 0.369. The van der Waals surface area contributed by atoms with Gasteiger partial charge in [0.25, 0.3) is 0 Å². The third-order valence-electron chi connectivity index (χ3n) is 2.75. The molecule has 112 valence electrons. The van der Waals surface area contributed by atoms with Gasteiger partial charge in [-0.25, -0.2) is 9.97 Å². The number of aromatic nitrogens is 2. The van der Waals surface area contributed by atoms with Gasteiger partial charge >= 0.3 is 0 Å². The van der Waals surface area contributed by atoms with Crippen molar-refractivity contribution in [3.05, 3.63) is 39.6 Å². The third-order valence-corrected chi connectivity index (χ3v) is 4.08. The van der Waals surface area contributed by atoms with Gasteiger partial charge in [0.1, 0.15) is 10.9 Å². The Balaban J connectivity index is 2.28. The molecule has 4 nitrogen and oxygen atoms in total. The Morgan fingerprint density at radius 1 is 1.19 bits per heavy atom. The summed E-state index contributed by atoms with van der Waals surface area (Å²) in [4.78, 5) is 8.77. The van der Waals surface area contributed by atoms with E-state index >= 15 is 0 Å². The number of nitrogens with zero attached hydrogens (tertiary/aromatic N) is 2. The van der Waals surface area contributed by atoms with Gasteiger partial charge in [-0.15, -0.1) is 0 Å². The highest BCUT2D eigenvalue weighted by molar-refractivity contribution is 9.10. The summed E-state index contributed by atoms with van der Waals surface area (Å²) in [6.07, 6.45) is 0.980. The Kier molecular flexibility index (Phi) is 5.96. The predicted molar refractivity (Wildman–Crippen MR) is 86.7 cm³/mol. The van der Waals surface area contributed by atoms with Crippen LogP contribution in [0.25, 0.3) is 11.4 Å². The van der Waals surface area contributed by atoms with Crippen molar-refractivity contribution >= 4 is 27.5 Å². The summed E-state index contributed by atoms with van der Waals surface area (Å²) in [5.41, 5.74) is 1.60. The van der Waals surface area contributed by atoms with Gasteiger partial charge in [-0.2, -0.15) is 0 Å². The van der Waals surface area contributed by atoms with Crippen LogP contribution in [0.15, 0.2) is 28.7 Å². The molecule has 0 radical (unpaired) electrons. The smallest absolute Gasteiger partial charge is 0.161 e. The van der Waals surface area contributed by atoms with Crippen LogP contribution in [-0.4, -0.2) is 23.7 Å². The zero-order chi connectivity index (χ0) is 15.2. The van der Waals surface area contributed by atoms with E-state index in [1.807, 2.05) is 24.3 Å². The molecule has 1 aromatic heterocycles. The molecule has 2 aromatic rings. The molecule has 1 heterocycles. The lowest BCUT2D eigenvalue weighted by Gasteiger charge is -2.09. The third kappa shape index (κ3) is 4.15. The summed E-state index contributed by atoms with van der Waals surface area (Å²) < 4.78 is 11.3. The first-order valence-electron chi connectivity index (χ1n) is 6.59. The average molecular weight is 372 g/mol. The van der Waals surface area contributed by atoms with Crippen LogP contribution in [0.4, 0.5) is 0 Å². The molecule has 6 heteroatoms. The predicted octanol–water partition coefficient (Wildman–Crippen LogP) is 4.49. The van der Waals surface area contributed by atoms with Gasteiger partial charge in [-0.1, -0.05) is 18.5 Å². The highest BCUT2D eigenvalue weighted by atomic mass is 79.9. The number of benzene rings is 1. The van der Waals surface area contributed by atoms with Gasteiger partial charge < -0.3 is 9.47 Å². The van der Waals surface area contributed by atoms with Gasteiger partial charge in [0.2, 0.25) is 0 Å². The molecular weight excluding hydrogens is 356 g/mol. The van der Waals surface area contributed by atoms with Crippen LogP contribution in [0, 0.1) is 0 Å². The van der Waals surface area contributed by atoms with E-state index in [0.717, 1.165) is 23.4 Å². The molecule has 0 N–H and O–H groups in total. The van der Waals surface area contributed by atoms with E-state index in [4.69, 9.17) is 21.1 Å². The van der Waals surface area contributed by atoms with E-state index in [1.54, 1.807) is 7.11 Å². The number of hydrogen-bond donors (Lipinski definition) is 0. The highest BCUT2D eigenvalue weighted by Crippen LogP contribution is 2.28. The normalized spacial score (nSPS) is 10.7. The molecule has 1 aromatic carbocycles. The van der Waals surface area contributed by atoms with Crippen molar-refractivity contribution in [3.63, 3.8) is 0 Å². The number of hydrogen-bond acceptors (Lipinski definition) is 4. The molecular formula is C15H16BrClN2O2. The molecule has 0 aliphatic rings. The number of methoxy groups -OCH3 is 1. The van der Waals surface area contributed by atoms with Crippen LogP contribution in [0.1, 0.15) is 19.0 Å². The first-order valence-corrected chi connectivity index (χ1v) is 7.77. The second kappa shape index (κ2) is 7.73. The summed E-state index contributed by atoms with van der Waals surface area (Å²) >= 11 is 9.50. The number of halogens is 2. The van der Waals surface area contributed by atoms with Gasteiger partial charge in [-0.05, 0) is 46.6 Å². The van der Waals surface area contributed by atoms with Crippen LogP contribution in [0.5, 0.6) is 5.75 Å². The van der Waals surface area contributed by atoms with E-state index in [1.165, 1.54) is 0 Å². The van der Waals surface area contributed by atoms with E-state index in [-0.39, 0.29) is 0 Å². The summed E-state index contributed by atoms with van der Waals surface area (Å²) in [5, 5.41) is 0.373. The molecule has 0 spiro atoms. The second-order valence-electron chi connectivity index (χ2n) is 4.40. The molecule has 0 aliphatic carbocycles. The fourth-order valence-corrected chi connectivity index (χ4v) is 2.23. The van der Waals surface area contributed by atoms with Crippen molar-refractivity contribution in [1.82, 2.24) is 9.97 Å². The summed E-state index contributed by atoms with van der Waals surface area (Å²) in [6.45, 7) is 3.15. The highest BCUT2D eigenvalue weighted by Gasteiger charge is 2.12. The van der Waals surface area contributed by atoms with E-state index in [2.05, 4.69) is 32.8 Å². The lowest BCUT2D eigenvalue weighted by Crippen LogP contribution is -2.00. The van der Waals surface area contributed by atoms with Crippen molar-refractivity contribution in [2.24, 2.45) is 0 Å². The van der Waals surface area contributed by atoms with Gasteiger partial charge in [-0.3, -0.25) is 0 Å². The van der Waals surface area contributed by atoms with Crippen molar-refractivity contribution in [1.29, 1.82) is 0 Å². The van der Waals surface area contributed by atoms with Crippen LogP contribution >= 0.6 is 27.5 Å². The van der Waals surface area contributed by atoms with Crippen LogP contribution in [0.2, 0.25) is 5.15 Å². The Morgan fingerprint density at radius 3 is 2.52 bits per heavy atom. The maximum Gasteiger partial charge on any atom is 0.161 e. The van der Waals surface area contributed by atoms with Crippen molar-refractivity contribution in [2.45, 2.75) is 20.0 Å². The monoisotopic (exact) mass is 370 g/mol. The van der Waals surface area contributed by atoms with Crippen molar-refractivity contribution < 1.29 is 9.47 Å². The Labute approximate surface area is 137 Å². The zero-order valence-corrected chi connectivity index (χ0v) is 14.2. The fourth-order valence-electron chi connectivity index (χ4n) is 1.74. The van der Waals surface area contributed by atoms with Crippen molar-refractivity contribution in [3.8, 4) is 17.1 Å². The van der Waals surface area contributed by atoms with Gasteiger partial charge in [0, 0.05) is 12.7 Å². The van der Waals surface area contributed by atoms with Crippen LogP contribution in [0.3, 0.4) is 0 Å². The second-order valence-corrected chi connectivity index (χ2v) is 5.56. The van der Waals surface area contributed by atoms with Gasteiger partial charge in [0.15, 0.2) is 5.82 Å². The summed E-state index contributed by atoms with van der Waals surface area (Å²) in [6, 6.07) is 7.64. The summed E-state index contributed by atoms with van der Waals surface area (Å²) in [7, 11) is 1.61. The molecule has 0 saturated heterocycles. The molecule has 21 heavy (non-hydrogen) atoms. The molecule has 0 saturated carbocycles. The quantitative estimate of drug-likeness (QED) is 0.702. The fraction of sp³-hybridized carbons (Fsp3) is 0.333. The largest absolute Gasteiger partial charge is 0.494 e. The molecule has 0 fully saturated rings.